The fraction of sp³-hybridized carbons (Fsp3) is 0.474. The highest BCUT2D eigenvalue weighted by molar-refractivity contribution is 7.98. The first-order valence-electron chi connectivity index (χ1n) is 8.40. The third-order valence-electron chi connectivity index (χ3n) is 3.73. The maximum absolute atomic E-state index is 12.6. The minimum Gasteiger partial charge on any atom is -0.360 e. The molecule has 5 heteroatoms. The summed E-state index contributed by atoms with van der Waals surface area (Å²) in [6.07, 6.45) is 2.11. The zero-order valence-corrected chi connectivity index (χ0v) is 15.7. The van der Waals surface area contributed by atoms with E-state index in [1.807, 2.05) is 37.3 Å². The maximum Gasteiger partial charge on any atom is 0.252 e. The zero-order valence-electron chi connectivity index (χ0n) is 14.8. The van der Waals surface area contributed by atoms with E-state index in [9.17, 15) is 4.79 Å². The molecular formula is C19H26N2O2S. The molecule has 0 radical (unpaired) electrons. The van der Waals surface area contributed by atoms with Gasteiger partial charge >= 0.3 is 0 Å². The van der Waals surface area contributed by atoms with Crippen molar-refractivity contribution >= 4 is 17.7 Å². The molecule has 0 fully saturated rings. The van der Waals surface area contributed by atoms with Crippen molar-refractivity contribution in [3.8, 4) is 0 Å². The standard InChI is InChI=1S/C19H26N2O2S/c1-13(2)9-10-14(3)20-19(22)17-7-5-6-8-18(17)24-12-16-11-15(4)21-23-16/h5-8,11,13-14H,9-10,12H2,1-4H3,(H,20,22). The number of carbonyl (C=O) groups is 1. The lowest BCUT2D eigenvalue weighted by atomic mass is 10.0. The first kappa shape index (κ1) is 18.6. The van der Waals surface area contributed by atoms with Gasteiger partial charge in [0.2, 0.25) is 0 Å². The van der Waals surface area contributed by atoms with Crippen LogP contribution in [-0.4, -0.2) is 17.1 Å². The number of carbonyl (C=O) groups excluding carboxylic acids is 1. The van der Waals surface area contributed by atoms with Gasteiger partial charge in [0.1, 0.15) is 5.76 Å². The van der Waals surface area contributed by atoms with Gasteiger partial charge in [-0.05, 0) is 44.7 Å². The summed E-state index contributed by atoms with van der Waals surface area (Å²) in [6.45, 7) is 8.36. The molecule has 0 saturated carbocycles. The van der Waals surface area contributed by atoms with Crippen LogP contribution in [0.5, 0.6) is 0 Å². The van der Waals surface area contributed by atoms with E-state index in [0.29, 0.717) is 11.7 Å². The second-order valence-electron chi connectivity index (χ2n) is 6.57. The number of benzene rings is 1. The number of nitrogens with one attached hydrogen (secondary N) is 1. The lowest BCUT2D eigenvalue weighted by molar-refractivity contribution is 0.0934. The molecule has 0 aliphatic heterocycles. The number of aryl methyl sites for hydroxylation is 1. The Morgan fingerprint density at radius 3 is 2.67 bits per heavy atom. The van der Waals surface area contributed by atoms with Crippen molar-refractivity contribution in [1.82, 2.24) is 10.5 Å². The van der Waals surface area contributed by atoms with Crippen molar-refractivity contribution in [3.05, 3.63) is 47.3 Å². The molecule has 0 aliphatic rings. The van der Waals surface area contributed by atoms with E-state index in [1.165, 1.54) is 0 Å². The molecule has 1 amide bonds. The molecule has 1 aromatic heterocycles. The molecule has 1 aromatic carbocycles. The number of rotatable bonds is 8. The predicted molar refractivity (Wildman–Crippen MR) is 98.2 cm³/mol. The van der Waals surface area contributed by atoms with Gasteiger partial charge in [0, 0.05) is 17.0 Å². The highest BCUT2D eigenvalue weighted by atomic mass is 32.2. The lowest BCUT2D eigenvalue weighted by Gasteiger charge is -2.16. The molecule has 2 aromatic rings. The van der Waals surface area contributed by atoms with Gasteiger partial charge in [0.05, 0.1) is 17.0 Å². The fourth-order valence-corrected chi connectivity index (χ4v) is 3.30. The zero-order chi connectivity index (χ0) is 17.5. The normalized spacial score (nSPS) is 12.4. The van der Waals surface area contributed by atoms with Crippen LogP contribution in [0.2, 0.25) is 0 Å². The summed E-state index contributed by atoms with van der Waals surface area (Å²) in [7, 11) is 0. The summed E-state index contributed by atoms with van der Waals surface area (Å²) >= 11 is 1.59. The van der Waals surface area contributed by atoms with Gasteiger partial charge in [0.15, 0.2) is 0 Å². The Balaban J connectivity index is 1.98. The summed E-state index contributed by atoms with van der Waals surface area (Å²) < 4.78 is 5.23. The third-order valence-corrected chi connectivity index (χ3v) is 4.83. The monoisotopic (exact) mass is 346 g/mol. The first-order valence-corrected chi connectivity index (χ1v) is 9.39. The highest BCUT2D eigenvalue weighted by Gasteiger charge is 2.14. The molecule has 24 heavy (non-hydrogen) atoms. The van der Waals surface area contributed by atoms with Crippen LogP contribution in [0, 0.1) is 12.8 Å². The third kappa shape index (κ3) is 5.71. The van der Waals surface area contributed by atoms with Crippen LogP contribution in [0.25, 0.3) is 0 Å². The van der Waals surface area contributed by atoms with E-state index < -0.39 is 0 Å². The Morgan fingerprint density at radius 1 is 1.25 bits per heavy atom. The van der Waals surface area contributed by atoms with Gasteiger partial charge in [-0.25, -0.2) is 0 Å². The van der Waals surface area contributed by atoms with Crippen molar-refractivity contribution < 1.29 is 9.32 Å². The van der Waals surface area contributed by atoms with E-state index in [-0.39, 0.29) is 11.9 Å². The summed E-state index contributed by atoms with van der Waals surface area (Å²) in [4.78, 5) is 13.5. The summed E-state index contributed by atoms with van der Waals surface area (Å²) in [5.41, 5.74) is 1.59. The molecule has 0 bridgehead atoms. The fourth-order valence-electron chi connectivity index (χ4n) is 2.37. The molecule has 1 unspecified atom stereocenters. The molecule has 1 heterocycles. The van der Waals surface area contributed by atoms with Gasteiger partial charge in [-0.3, -0.25) is 4.79 Å². The first-order chi connectivity index (χ1) is 11.5. The van der Waals surface area contributed by atoms with Gasteiger partial charge in [0.25, 0.3) is 5.91 Å². The van der Waals surface area contributed by atoms with E-state index in [1.54, 1.807) is 11.8 Å². The van der Waals surface area contributed by atoms with Crippen LogP contribution >= 0.6 is 11.8 Å². The van der Waals surface area contributed by atoms with Crippen LogP contribution < -0.4 is 5.32 Å². The summed E-state index contributed by atoms with van der Waals surface area (Å²) in [6, 6.07) is 9.79. The molecule has 0 saturated heterocycles. The predicted octanol–water partition coefficient (Wildman–Crippen LogP) is 4.83. The SMILES string of the molecule is Cc1cc(CSc2ccccc2C(=O)NC(C)CCC(C)C)on1. The van der Waals surface area contributed by atoms with Crippen molar-refractivity contribution in [2.24, 2.45) is 5.92 Å². The smallest absolute Gasteiger partial charge is 0.252 e. The number of hydrogen-bond acceptors (Lipinski definition) is 4. The Morgan fingerprint density at radius 2 is 2.00 bits per heavy atom. The van der Waals surface area contributed by atoms with E-state index in [4.69, 9.17) is 4.52 Å². The van der Waals surface area contributed by atoms with E-state index in [2.05, 4.69) is 31.2 Å². The van der Waals surface area contributed by atoms with Gasteiger partial charge in [-0.1, -0.05) is 31.1 Å². The average molecular weight is 346 g/mol. The van der Waals surface area contributed by atoms with Gasteiger partial charge in [-0.2, -0.15) is 0 Å². The second kappa shape index (κ2) is 8.92. The second-order valence-corrected chi connectivity index (χ2v) is 7.58. The molecule has 130 valence electrons. The highest BCUT2D eigenvalue weighted by Crippen LogP contribution is 2.26. The maximum atomic E-state index is 12.6. The Kier molecular flexibility index (Phi) is 6.91. The minimum atomic E-state index is -0.0110. The van der Waals surface area contributed by atoms with Crippen LogP contribution in [0.1, 0.15) is 55.4 Å². The number of thioether (sulfide) groups is 1. The quantitative estimate of drug-likeness (QED) is 0.696. The van der Waals surface area contributed by atoms with E-state index in [0.717, 1.165) is 34.8 Å². The average Bonchev–Trinajstić information content (AvgIpc) is 2.96. The molecule has 0 aliphatic carbocycles. The summed E-state index contributed by atoms with van der Waals surface area (Å²) in [5.74, 6) is 2.12. The minimum absolute atomic E-state index is 0.0110. The largest absolute Gasteiger partial charge is 0.360 e. The molecular weight excluding hydrogens is 320 g/mol. The molecule has 1 atom stereocenters. The molecule has 4 nitrogen and oxygen atoms in total. The van der Waals surface area contributed by atoms with Crippen molar-refractivity contribution in [1.29, 1.82) is 0 Å². The van der Waals surface area contributed by atoms with Crippen molar-refractivity contribution in [3.63, 3.8) is 0 Å². The number of aromatic nitrogens is 1. The Bertz CT molecular complexity index is 667. The summed E-state index contributed by atoms with van der Waals surface area (Å²) in [5, 5.41) is 7.00. The van der Waals surface area contributed by atoms with Gasteiger partial charge in [-0.15, -0.1) is 11.8 Å². The molecule has 2 rings (SSSR count). The number of hydrogen-bond donors (Lipinski definition) is 1. The van der Waals surface area contributed by atoms with Crippen LogP contribution in [-0.2, 0) is 5.75 Å². The van der Waals surface area contributed by atoms with Crippen molar-refractivity contribution in [2.75, 3.05) is 0 Å². The van der Waals surface area contributed by atoms with Crippen molar-refractivity contribution in [2.45, 2.75) is 57.2 Å². The van der Waals surface area contributed by atoms with Crippen LogP contribution in [0.4, 0.5) is 0 Å². The van der Waals surface area contributed by atoms with E-state index >= 15 is 0 Å². The number of nitrogens with zero attached hydrogens (tertiary/aromatic N) is 1. The molecule has 0 spiro atoms. The number of amides is 1. The Hall–Kier alpha value is -1.75. The van der Waals surface area contributed by atoms with Crippen LogP contribution in [0.15, 0.2) is 39.8 Å². The Labute approximate surface area is 148 Å². The lowest BCUT2D eigenvalue weighted by Crippen LogP contribution is -2.33. The van der Waals surface area contributed by atoms with Crippen LogP contribution in [0.3, 0.4) is 0 Å². The molecule has 1 N–H and O–H groups in total. The van der Waals surface area contributed by atoms with Gasteiger partial charge < -0.3 is 9.84 Å². The topological polar surface area (TPSA) is 55.1 Å².